The second-order valence-corrected chi connectivity index (χ2v) is 6.32. The van der Waals surface area contributed by atoms with E-state index in [4.69, 9.17) is 4.74 Å². The van der Waals surface area contributed by atoms with Gasteiger partial charge in [0.05, 0.1) is 11.5 Å². The first-order valence-electron chi connectivity index (χ1n) is 5.81. The molecule has 0 N–H and O–H groups in total. The molecule has 102 valence electrons. The smallest absolute Gasteiger partial charge is 0.354 e. The van der Waals surface area contributed by atoms with Crippen molar-refractivity contribution in [2.24, 2.45) is 7.05 Å². The topological polar surface area (TPSA) is 65.4 Å². The van der Waals surface area contributed by atoms with Crippen molar-refractivity contribution in [3.63, 3.8) is 0 Å². The largest absolute Gasteiger partial charge is 0.461 e. The molecule has 1 aromatic carbocycles. The molecule has 0 aliphatic carbocycles. The van der Waals surface area contributed by atoms with Gasteiger partial charge in [-0.25, -0.2) is 13.2 Å². The van der Waals surface area contributed by atoms with E-state index >= 15 is 0 Å². The van der Waals surface area contributed by atoms with Crippen molar-refractivity contribution >= 4 is 26.7 Å². The van der Waals surface area contributed by atoms with Crippen molar-refractivity contribution in [2.75, 3.05) is 12.9 Å². The molecule has 0 unspecified atom stereocenters. The van der Waals surface area contributed by atoms with E-state index in [2.05, 4.69) is 0 Å². The summed E-state index contributed by atoms with van der Waals surface area (Å²) in [5, 5.41) is 0.804. The van der Waals surface area contributed by atoms with E-state index in [1.807, 2.05) is 0 Å². The van der Waals surface area contributed by atoms with E-state index in [0.29, 0.717) is 17.8 Å². The Morgan fingerprint density at radius 2 is 2.00 bits per heavy atom. The number of hydrogen-bond donors (Lipinski definition) is 0. The summed E-state index contributed by atoms with van der Waals surface area (Å²) in [7, 11) is -1.55. The summed E-state index contributed by atoms with van der Waals surface area (Å²) in [6.07, 6.45) is 1.16. The molecule has 0 bridgehead atoms. The number of aromatic nitrogens is 1. The number of hydrogen-bond acceptors (Lipinski definition) is 4. The van der Waals surface area contributed by atoms with Gasteiger partial charge in [-0.3, -0.25) is 0 Å². The average molecular weight is 281 g/mol. The Hall–Kier alpha value is -1.82. The molecular formula is C13H15NO4S. The predicted molar refractivity (Wildman–Crippen MR) is 72.0 cm³/mol. The number of nitrogens with zero attached hydrogens (tertiary/aromatic N) is 1. The standard InChI is InChI=1S/C13H15NO4S/c1-4-18-13(15)12-7-9-5-6-10(19(3,16)17)8-11(9)14(12)2/h5-8H,4H2,1-3H3. The molecule has 1 heterocycles. The van der Waals surface area contributed by atoms with Gasteiger partial charge in [-0.15, -0.1) is 0 Å². The maximum atomic E-state index is 11.8. The Labute approximate surface area is 111 Å². The molecule has 0 saturated carbocycles. The molecule has 0 aliphatic heterocycles. The van der Waals surface area contributed by atoms with Crippen LogP contribution in [0.5, 0.6) is 0 Å². The lowest BCUT2D eigenvalue weighted by Crippen LogP contribution is -2.09. The molecule has 0 fully saturated rings. The quantitative estimate of drug-likeness (QED) is 0.804. The van der Waals surface area contributed by atoms with Crippen molar-refractivity contribution in [3.05, 3.63) is 30.0 Å². The van der Waals surface area contributed by atoms with Crippen LogP contribution in [0, 0.1) is 0 Å². The van der Waals surface area contributed by atoms with Crippen LogP contribution >= 0.6 is 0 Å². The van der Waals surface area contributed by atoms with Gasteiger partial charge in [-0.1, -0.05) is 6.07 Å². The van der Waals surface area contributed by atoms with Gasteiger partial charge in [0.15, 0.2) is 9.84 Å². The number of benzene rings is 1. The van der Waals surface area contributed by atoms with E-state index in [1.165, 1.54) is 6.07 Å². The van der Waals surface area contributed by atoms with Crippen LogP contribution in [-0.2, 0) is 21.6 Å². The molecule has 0 aliphatic rings. The highest BCUT2D eigenvalue weighted by molar-refractivity contribution is 7.90. The number of aryl methyl sites for hydroxylation is 1. The first-order chi connectivity index (χ1) is 8.84. The maximum absolute atomic E-state index is 11.8. The second-order valence-electron chi connectivity index (χ2n) is 4.30. The summed E-state index contributed by atoms with van der Waals surface area (Å²) in [5.41, 5.74) is 1.09. The first-order valence-corrected chi connectivity index (χ1v) is 7.70. The summed E-state index contributed by atoms with van der Waals surface area (Å²) in [6.45, 7) is 2.04. The highest BCUT2D eigenvalue weighted by Crippen LogP contribution is 2.23. The van der Waals surface area contributed by atoms with Gasteiger partial charge >= 0.3 is 5.97 Å². The number of rotatable bonds is 3. The molecule has 1 aromatic heterocycles. The minimum Gasteiger partial charge on any atom is -0.461 e. The highest BCUT2D eigenvalue weighted by atomic mass is 32.2. The Bertz CT molecular complexity index is 743. The fourth-order valence-electron chi connectivity index (χ4n) is 1.94. The minimum atomic E-state index is -3.26. The van der Waals surface area contributed by atoms with Crippen LogP contribution < -0.4 is 0 Å². The lowest BCUT2D eigenvalue weighted by molar-refractivity contribution is 0.0516. The highest BCUT2D eigenvalue weighted by Gasteiger charge is 2.16. The molecule has 2 rings (SSSR count). The summed E-state index contributed by atoms with van der Waals surface area (Å²) in [5.74, 6) is -0.415. The monoisotopic (exact) mass is 281 g/mol. The Balaban J connectivity index is 2.62. The van der Waals surface area contributed by atoms with Crippen molar-refractivity contribution < 1.29 is 17.9 Å². The number of carbonyl (C=O) groups excluding carboxylic acids is 1. The van der Waals surface area contributed by atoms with Gasteiger partial charge in [0, 0.05) is 24.2 Å². The summed E-state index contributed by atoms with van der Waals surface area (Å²) >= 11 is 0. The molecule has 0 radical (unpaired) electrons. The van der Waals surface area contributed by atoms with Gasteiger partial charge in [0.1, 0.15) is 5.69 Å². The lowest BCUT2D eigenvalue weighted by Gasteiger charge is -2.04. The second kappa shape index (κ2) is 4.70. The number of esters is 1. The van der Waals surface area contributed by atoms with Gasteiger partial charge < -0.3 is 9.30 Å². The summed E-state index contributed by atoms with van der Waals surface area (Å²) in [4.78, 5) is 12.0. The molecule has 6 heteroatoms. The fraction of sp³-hybridized carbons (Fsp3) is 0.308. The zero-order valence-corrected chi connectivity index (χ0v) is 11.8. The van der Waals surface area contributed by atoms with E-state index in [1.54, 1.807) is 36.7 Å². The number of ether oxygens (including phenoxy) is 1. The van der Waals surface area contributed by atoms with Crippen LogP contribution in [0.2, 0.25) is 0 Å². The Morgan fingerprint density at radius 3 is 2.58 bits per heavy atom. The van der Waals surface area contributed by atoms with Crippen molar-refractivity contribution in [1.82, 2.24) is 4.57 Å². The molecule has 5 nitrogen and oxygen atoms in total. The van der Waals surface area contributed by atoms with Gasteiger partial charge in [-0.2, -0.15) is 0 Å². The van der Waals surface area contributed by atoms with Gasteiger partial charge in [0.2, 0.25) is 0 Å². The van der Waals surface area contributed by atoms with Crippen LogP contribution in [0.1, 0.15) is 17.4 Å². The van der Waals surface area contributed by atoms with E-state index in [9.17, 15) is 13.2 Å². The SMILES string of the molecule is CCOC(=O)c1cc2ccc(S(C)(=O)=O)cc2n1C. The molecule has 0 saturated heterocycles. The first kappa shape index (κ1) is 13.6. The summed E-state index contributed by atoms with van der Waals surface area (Å²) in [6, 6.07) is 6.48. The van der Waals surface area contributed by atoms with Crippen LogP contribution in [0.25, 0.3) is 10.9 Å². The number of sulfone groups is 1. The van der Waals surface area contributed by atoms with Crippen molar-refractivity contribution in [3.8, 4) is 0 Å². The van der Waals surface area contributed by atoms with Crippen LogP contribution in [0.15, 0.2) is 29.2 Å². The fourth-order valence-corrected chi connectivity index (χ4v) is 2.58. The third-order valence-corrected chi connectivity index (χ3v) is 4.04. The number of fused-ring (bicyclic) bond motifs is 1. The van der Waals surface area contributed by atoms with E-state index in [-0.39, 0.29) is 4.90 Å². The van der Waals surface area contributed by atoms with Crippen LogP contribution in [-0.4, -0.2) is 31.8 Å². The number of carbonyl (C=O) groups is 1. The Kier molecular flexibility index (Phi) is 3.36. The maximum Gasteiger partial charge on any atom is 0.354 e. The minimum absolute atomic E-state index is 0.233. The van der Waals surface area contributed by atoms with E-state index < -0.39 is 15.8 Å². The molecule has 0 amide bonds. The lowest BCUT2D eigenvalue weighted by atomic mass is 10.2. The predicted octanol–water partition coefficient (Wildman–Crippen LogP) is 1.76. The third kappa shape index (κ3) is 2.49. The molecular weight excluding hydrogens is 266 g/mol. The van der Waals surface area contributed by atoms with Crippen molar-refractivity contribution in [2.45, 2.75) is 11.8 Å². The van der Waals surface area contributed by atoms with Gasteiger partial charge in [0.25, 0.3) is 0 Å². The van der Waals surface area contributed by atoms with Crippen LogP contribution in [0.3, 0.4) is 0 Å². The zero-order chi connectivity index (χ0) is 14.2. The van der Waals surface area contributed by atoms with Crippen LogP contribution in [0.4, 0.5) is 0 Å². The molecule has 2 aromatic rings. The van der Waals surface area contributed by atoms with E-state index in [0.717, 1.165) is 11.6 Å². The zero-order valence-electron chi connectivity index (χ0n) is 11.0. The summed E-state index contributed by atoms with van der Waals surface area (Å²) < 4.78 is 29.7. The van der Waals surface area contributed by atoms with Crippen molar-refractivity contribution in [1.29, 1.82) is 0 Å². The Morgan fingerprint density at radius 1 is 1.32 bits per heavy atom. The molecule has 0 atom stereocenters. The van der Waals surface area contributed by atoms with Gasteiger partial charge in [-0.05, 0) is 25.1 Å². The molecule has 0 spiro atoms. The normalized spacial score (nSPS) is 11.7. The average Bonchev–Trinajstić information content (AvgIpc) is 2.66. The third-order valence-electron chi connectivity index (χ3n) is 2.93. The molecule has 19 heavy (non-hydrogen) atoms.